The van der Waals surface area contributed by atoms with Crippen LogP contribution in [0.25, 0.3) is 0 Å². The van der Waals surface area contributed by atoms with Crippen molar-refractivity contribution in [3.63, 3.8) is 0 Å². The second-order valence-electron chi connectivity index (χ2n) is 3.79. The summed E-state index contributed by atoms with van der Waals surface area (Å²) in [5, 5.41) is 21.1. The highest BCUT2D eigenvalue weighted by Crippen LogP contribution is 2.27. The number of carbonyl (C=O) groups is 1. The van der Waals surface area contributed by atoms with Crippen LogP contribution >= 0.6 is 11.8 Å². The smallest absolute Gasteiger partial charge is 0.207 e. The predicted molar refractivity (Wildman–Crippen MR) is 62.1 cm³/mol. The maximum absolute atomic E-state index is 9.99. The monoisotopic (exact) mass is 249 g/mol. The van der Waals surface area contributed by atoms with E-state index in [1.807, 2.05) is 0 Å². The second-order valence-corrected chi connectivity index (χ2v) is 5.06. The number of aliphatic hydroxyl groups is 2. The molecule has 0 radical (unpaired) electrons. The van der Waals surface area contributed by atoms with E-state index in [2.05, 4.69) is 5.32 Å². The number of hydrogen-bond donors (Lipinski definition) is 3. The quantitative estimate of drug-likeness (QED) is 0.427. The van der Waals surface area contributed by atoms with Gasteiger partial charge in [-0.1, -0.05) is 0 Å². The van der Waals surface area contributed by atoms with Gasteiger partial charge in [-0.05, 0) is 12.2 Å². The highest BCUT2D eigenvalue weighted by molar-refractivity contribution is 7.99. The molecule has 6 heteroatoms. The molecule has 1 saturated heterocycles. The first-order valence-corrected chi connectivity index (χ1v) is 6.54. The number of carbonyl (C=O) groups excluding carboxylic acids is 1. The molecule has 3 N–H and O–H groups in total. The summed E-state index contributed by atoms with van der Waals surface area (Å²) in [7, 11) is 0. The first-order chi connectivity index (χ1) is 7.76. The molecule has 1 rings (SSSR count). The summed E-state index contributed by atoms with van der Waals surface area (Å²) in [5.74, 6) is 0.871. The Morgan fingerprint density at radius 1 is 1.50 bits per heavy atom. The van der Waals surface area contributed by atoms with Gasteiger partial charge in [0.15, 0.2) is 0 Å². The van der Waals surface area contributed by atoms with Gasteiger partial charge in [0.05, 0.1) is 18.8 Å². The van der Waals surface area contributed by atoms with E-state index in [0.29, 0.717) is 25.8 Å². The van der Waals surface area contributed by atoms with Crippen LogP contribution in [0.3, 0.4) is 0 Å². The zero-order valence-electron chi connectivity index (χ0n) is 9.17. The van der Waals surface area contributed by atoms with Gasteiger partial charge in [0, 0.05) is 19.4 Å². The van der Waals surface area contributed by atoms with E-state index in [9.17, 15) is 9.90 Å². The van der Waals surface area contributed by atoms with Crippen molar-refractivity contribution in [2.75, 3.05) is 18.9 Å². The second kappa shape index (κ2) is 7.89. The molecular weight excluding hydrogens is 230 g/mol. The molecule has 3 unspecified atom stereocenters. The van der Waals surface area contributed by atoms with Crippen molar-refractivity contribution in [2.45, 2.75) is 36.9 Å². The van der Waals surface area contributed by atoms with Crippen molar-refractivity contribution in [2.24, 2.45) is 0 Å². The SMILES string of the molecule is O=CNCCCSC1CC(O)CC(CO)O1. The Bertz CT molecular complexity index is 205. The van der Waals surface area contributed by atoms with E-state index in [1.165, 1.54) is 0 Å². The van der Waals surface area contributed by atoms with Crippen LogP contribution in [0.15, 0.2) is 0 Å². The molecule has 0 aromatic carbocycles. The molecule has 0 saturated carbocycles. The van der Waals surface area contributed by atoms with Crippen molar-refractivity contribution >= 4 is 18.2 Å². The van der Waals surface area contributed by atoms with Crippen LogP contribution < -0.4 is 5.32 Å². The fourth-order valence-corrected chi connectivity index (χ4v) is 2.79. The van der Waals surface area contributed by atoms with Crippen LogP contribution in [0.5, 0.6) is 0 Å². The lowest BCUT2D eigenvalue weighted by Gasteiger charge is -2.31. The van der Waals surface area contributed by atoms with Gasteiger partial charge in [0.25, 0.3) is 0 Å². The van der Waals surface area contributed by atoms with Crippen LogP contribution in [-0.2, 0) is 9.53 Å². The molecule has 0 spiro atoms. The first-order valence-electron chi connectivity index (χ1n) is 5.49. The van der Waals surface area contributed by atoms with Gasteiger partial charge in [-0.2, -0.15) is 0 Å². The Labute approximate surface area is 99.6 Å². The van der Waals surface area contributed by atoms with E-state index < -0.39 is 0 Å². The minimum Gasteiger partial charge on any atom is -0.394 e. The molecule has 0 aliphatic carbocycles. The summed E-state index contributed by atoms with van der Waals surface area (Å²) in [5.41, 5.74) is -0.0443. The molecule has 1 fully saturated rings. The number of hydrogen-bond acceptors (Lipinski definition) is 5. The van der Waals surface area contributed by atoms with Gasteiger partial charge >= 0.3 is 0 Å². The van der Waals surface area contributed by atoms with Crippen LogP contribution in [-0.4, -0.2) is 53.2 Å². The third-order valence-corrected chi connectivity index (χ3v) is 3.60. The third-order valence-electron chi connectivity index (χ3n) is 2.40. The van der Waals surface area contributed by atoms with Crippen molar-refractivity contribution < 1.29 is 19.7 Å². The molecule has 1 heterocycles. The lowest BCUT2D eigenvalue weighted by Crippen LogP contribution is -2.36. The van der Waals surface area contributed by atoms with Crippen LogP contribution in [0.2, 0.25) is 0 Å². The number of thioether (sulfide) groups is 1. The van der Waals surface area contributed by atoms with E-state index in [0.717, 1.165) is 12.2 Å². The van der Waals surface area contributed by atoms with Crippen LogP contribution in [0.4, 0.5) is 0 Å². The van der Waals surface area contributed by atoms with Gasteiger partial charge in [-0.3, -0.25) is 4.79 Å². The summed E-state index contributed by atoms with van der Waals surface area (Å²) >= 11 is 1.62. The predicted octanol–water partition coefficient (Wildman–Crippen LogP) is -0.286. The molecule has 1 aliphatic rings. The van der Waals surface area contributed by atoms with Crippen molar-refractivity contribution in [1.82, 2.24) is 5.32 Å². The summed E-state index contributed by atoms with van der Waals surface area (Å²) in [6.07, 6.45) is 2.07. The minimum absolute atomic E-state index is 0.0409. The molecule has 16 heavy (non-hydrogen) atoms. The van der Waals surface area contributed by atoms with E-state index in [-0.39, 0.29) is 24.3 Å². The Balaban J connectivity index is 2.13. The Morgan fingerprint density at radius 2 is 2.31 bits per heavy atom. The van der Waals surface area contributed by atoms with Crippen LogP contribution in [0.1, 0.15) is 19.3 Å². The van der Waals surface area contributed by atoms with E-state index >= 15 is 0 Å². The zero-order chi connectivity index (χ0) is 11.8. The van der Waals surface area contributed by atoms with Gasteiger partial charge in [-0.15, -0.1) is 11.8 Å². The van der Waals surface area contributed by atoms with Crippen molar-refractivity contribution in [3.05, 3.63) is 0 Å². The summed E-state index contributed by atoms with van der Waals surface area (Å²) in [6.45, 7) is 0.621. The summed E-state index contributed by atoms with van der Waals surface area (Å²) in [6, 6.07) is 0. The zero-order valence-corrected chi connectivity index (χ0v) is 9.99. The average molecular weight is 249 g/mol. The molecule has 1 amide bonds. The summed E-state index contributed by atoms with van der Waals surface area (Å²) in [4.78, 5) is 9.99. The van der Waals surface area contributed by atoms with Gasteiger partial charge in [0.2, 0.25) is 6.41 Å². The Morgan fingerprint density at radius 3 is 3.00 bits per heavy atom. The van der Waals surface area contributed by atoms with Crippen molar-refractivity contribution in [3.8, 4) is 0 Å². The molecule has 0 bridgehead atoms. The maximum Gasteiger partial charge on any atom is 0.207 e. The lowest BCUT2D eigenvalue weighted by molar-refractivity contribution is -0.109. The van der Waals surface area contributed by atoms with Crippen molar-refractivity contribution in [1.29, 1.82) is 0 Å². The highest BCUT2D eigenvalue weighted by Gasteiger charge is 2.27. The number of ether oxygens (including phenoxy) is 1. The Kier molecular flexibility index (Phi) is 6.79. The number of aliphatic hydroxyl groups excluding tert-OH is 2. The highest BCUT2D eigenvalue weighted by atomic mass is 32.2. The van der Waals surface area contributed by atoms with Gasteiger partial charge < -0.3 is 20.3 Å². The molecule has 3 atom stereocenters. The van der Waals surface area contributed by atoms with Gasteiger partial charge in [-0.25, -0.2) is 0 Å². The molecule has 1 aliphatic heterocycles. The number of amides is 1. The maximum atomic E-state index is 9.99. The molecule has 0 aromatic heterocycles. The fourth-order valence-electron chi connectivity index (χ4n) is 1.62. The van der Waals surface area contributed by atoms with Crippen LogP contribution in [0, 0.1) is 0 Å². The summed E-state index contributed by atoms with van der Waals surface area (Å²) < 4.78 is 5.58. The standard InChI is InChI=1S/C10H19NO4S/c12-6-9-4-8(14)5-10(15-9)16-3-1-2-11-7-13/h7-10,12,14H,1-6H2,(H,11,13). The van der Waals surface area contributed by atoms with E-state index in [1.54, 1.807) is 11.8 Å². The molecular formula is C10H19NO4S. The lowest BCUT2D eigenvalue weighted by atomic mass is 10.1. The van der Waals surface area contributed by atoms with Gasteiger partial charge in [0.1, 0.15) is 5.44 Å². The minimum atomic E-state index is -0.378. The molecule has 94 valence electrons. The average Bonchev–Trinajstić information content (AvgIpc) is 2.28. The van der Waals surface area contributed by atoms with E-state index in [4.69, 9.17) is 9.84 Å². The molecule has 0 aromatic rings. The first kappa shape index (κ1) is 13.8. The Hall–Kier alpha value is -0.300. The number of rotatable bonds is 7. The molecule has 5 nitrogen and oxygen atoms in total. The normalized spacial score (nSPS) is 30.0. The topological polar surface area (TPSA) is 78.8 Å². The largest absolute Gasteiger partial charge is 0.394 e. The third kappa shape index (κ3) is 5.16. The number of nitrogens with one attached hydrogen (secondary N) is 1. The fraction of sp³-hybridized carbons (Fsp3) is 0.900.